The summed E-state index contributed by atoms with van der Waals surface area (Å²) in [6.45, 7) is 2.54. The summed E-state index contributed by atoms with van der Waals surface area (Å²) in [6, 6.07) is 4.20. The first kappa shape index (κ1) is 24.3. The summed E-state index contributed by atoms with van der Waals surface area (Å²) < 4.78 is 50.7. The van der Waals surface area contributed by atoms with Crippen LogP contribution in [-0.2, 0) is 6.18 Å². The molecule has 4 rings (SSSR count). The van der Waals surface area contributed by atoms with Crippen LogP contribution in [-0.4, -0.2) is 53.0 Å². The molecule has 3 aromatic rings. The second-order valence-corrected chi connectivity index (χ2v) is 8.22. The number of halogens is 3. The van der Waals surface area contributed by atoms with Gasteiger partial charge >= 0.3 is 6.18 Å². The maximum atomic E-state index is 13.2. The largest absolute Gasteiger partial charge is 0.494 e. The first-order valence-corrected chi connectivity index (χ1v) is 10.7. The monoisotopic (exact) mass is 491 g/mol. The molecular weight excluding hydrogens is 467 g/mol. The number of carbonyl (C=O) groups excluding carboxylic acids is 1. The van der Waals surface area contributed by atoms with Crippen molar-refractivity contribution in [2.24, 2.45) is 11.5 Å². The molecule has 2 aromatic heterocycles. The zero-order valence-electron chi connectivity index (χ0n) is 18.9. The highest BCUT2D eigenvalue weighted by Gasteiger charge is 2.33. The quantitative estimate of drug-likeness (QED) is 0.313. The average Bonchev–Trinajstić information content (AvgIpc) is 3.45. The minimum atomic E-state index is -4.64. The van der Waals surface area contributed by atoms with Gasteiger partial charge in [-0.1, -0.05) is 0 Å². The van der Waals surface area contributed by atoms with Gasteiger partial charge in [-0.15, -0.1) is 0 Å². The van der Waals surface area contributed by atoms with Gasteiger partial charge in [-0.3, -0.25) is 10.2 Å². The normalized spacial score (nSPS) is 17.0. The summed E-state index contributed by atoms with van der Waals surface area (Å²) in [5.74, 6) is -0.312. The molecule has 1 aliphatic rings. The van der Waals surface area contributed by atoms with Crippen molar-refractivity contribution in [1.82, 2.24) is 20.2 Å². The lowest BCUT2D eigenvalue weighted by molar-refractivity contribution is -0.140. The number of hydrogen-bond acceptors (Lipinski definition) is 7. The van der Waals surface area contributed by atoms with Crippen LogP contribution in [0.1, 0.15) is 41.3 Å². The molecule has 13 heteroatoms. The lowest BCUT2D eigenvalue weighted by Crippen LogP contribution is -2.40. The van der Waals surface area contributed by atoms with E-state index < -0.39 is 23.8 Å². The molecule has 2 atom stereocenters. The van der Waals surface area contributed by atoms with E-state index in [1.165, 1.54) is 19.2 Å². The maximum Gasteiger partial charge on any atom is 0.433 e. The summed E-state index contributed by atoms with van der Waals surface area (Å²) in [5.41, 5.74) is 10.7. The SMILES string of the molecule is COc1ccc(-c2nc(C(=O)N[C@H]3CCN(C(=N)N)C3)c([C@H](C)N)o2)c2ccc(C(F)(F)F)nc12. The Balaban J connectivity index is 1.73. The van der Waals surface area contributed by atoms with Crippen LogP contribution in [0, 0.1) is 5.41 Å². The van der Waals surface area contributed by atoms with Crippen molar-refractivity contribution >= 4 is 22.8 Å². The summed E-state index contributed by atoms with van der Waals surface area (Å²) in [7, 11) is 1.33. The zero-order valence-corrected chi connectivity index (χ0v) is 18.9. The van der Waals surface area contributed by atoms with Crippen molar-refractivity contribution in [1.29, 1.82) is 5.41 Å². The van der Waals surface area contributed by atoms with Gasteiger partial charge in [0, 0.05) is 30.1 Å². The van der Waals surface area contributed by atoms with Gasteiger partial charge in [0.2, 0.25) is 5.89 Å². The number of carbonyl (C=O) groups is 1. The smallest absolute Gasteiger partial charge is 0.433 e. The summed E-state index contributed by atoms with van der Waals surface area (Å²) in [5, 5.41) is 10.7. The predicted octanol–water partition coefficient (Wildman–Crippen LogP) is 2.63. The number of alkyl halides is 3. The van der Waals surface area contributed by atoms with Crippen LogP contribution in [0.2, 0.25) is 0 Å². The molecule has 1 amide bonds. The van der Waals surface area contributed by atoms with Crippen LogP contribution in [0.5, 0.6) is 5.75 Å². The van der Waals surface area contributed by atoms with Crippen LogP contribution in [0.25, 0.3) is 22.4 Å². The van der Waals surface area contributed by atoms with Crippen molar-refractivity contribution in [3.05, 3.63) is 41.4 Å². The molecule has 0 aliphatic carbocycles. The number of rotatable bonds is 5. The Labute approximate surface area is 197 Å². The zero-order chi connectivity index (χ0) is 25.5. The fourth-order valence-electron chi connectivity index (χ4n) is 3.97. The van der Waals surface area contributed by atoms with E-state index in [-0.39, 0.29) is 40.6 Å². The third-order valence-corrected chi connectivity index (χ3v) is 5.71. The highest BCUT2D eigenvalue weighted by atomic mass is 19.4. The van der Waals surface area contributed by atoms with Crippen molar-refractivity contribution in [3.63, 3.8) is 0 Å². The third-order valence-electron chi connectivity index (χ3n) is 5.71. The number of nitrogens with two attached hydrogens (primary N) is 2. The molecule has 35 heavy (non-hydrogen) atoms. The minimum absolute atomic E-state index is 0.00782. The van der Waals surface area contributed by atoms with Crippen LogP contribution in [0.15, 0.2) is 28.7 Å². The van der Waals surface area contributed by atoms with Crippen LogP contribution < -0.4 is 21.5 Å². The number of aromatic nitrogens is 2. The Morgan fingerprint density at radius 3 is 2.66 bits per heavy atom. The van der Waals surface area contributed by atoms with Crippen molar-refractivity contribution in [2.75, 3.05) is 20.2 Å². The topological polar surface area (TPSA) is 156 Å². The molecule has 0 bridgehead atoms. The number of nitrogens with zero attached hydrogens (tertiary/aromatic N) is 3. The van der Waals surface area contributed by atoms with Crippen molar-refractivity contribution in [3.8, 4) is 17.2 Å². The van der Waals surface area contributed by atoms with Crippen molar-refractivity contribution < 1.29 is 27.1 Å². The first-order valence-electron chi connectivity index (χ1n) is 10.7. The lowest BCUT2D eigenvalue weighted by atomic mass is 10.1. The average molecular weight is 491 g/mol. The Kier molecular flexibility index (Phi) is 6.28. The van der Waals surface area contributed by atoms with Gasteiger partial charge in [-0.2, -0.15) is 13.2 Å². The van der Waals surface area contributed by atoms with Crippen LogP contribution in [0.3, 0.4) is 0 Å². The van der Waals surface area contributed by atoms with E-state index in [9.17, 15) is 18.0 Å². The number of likely N-dealkylation sites (tertiary alicyclic amines) is 1. The molecule has 1 aromatic carbocycles. The molecule has 0 spiro atoms. The first-order chi connectivity index (χ1) is 16.5. The number of hydrogen-bond donors (Lipinski definition) is 4. The number of nitrogens with one attached hydrogen (secondary N) is 2. The second kappa shape index (κ2) is 9.06. The maximum absolute atomic E-state index is 13.2. The summed E-state index contributed by atoms with van der Waals surface area (Å²) >= 11 is 0. The standard InChI is InChI=1S/C22H24F3N7O3/c1-10(26)18-17(19(33)29-11-7-8-32(9-11)21(27)28)31-20(35-18)13-3-5-14(34-2)16-12(13)4-6-15(30-16)22(23,24)25/h3-6,10-11H,7-9,26H2,1-2H3,(H3,27,28)(H,29,33)/t10-,11-/m0/s1. The highest BCUT2D eigenvalue weighted by molar-refractivity contribution is 5.98. The van der Waals surface area contributed by atoms with Gasteiger partial charge < -0.3 is 30.8 Å². The molecule has 186 valence electrons. The number of benzene rings is 1. The number of fused-ring (bicyclic) bond motifs is 1. The molecule has 0 unspecified atom stereocenters. The number of guanidine groups is 1. The van der Waals surface area contributed by atoms with E-state index in [1.54, 1.807) is 17.9 Å². The number of pyridine rings is 1. The summed E-state index contributed by atoms with van der Waals surface area (Å²) in [6.07, 6.45) is -4.04. The molecule has 3 heterocycles. The Morgan fingerprint density at radius 1 is 1.31 bits per heavy atom. The third kappa shape index (κ3) is 4.71. The molecule has 10 nitrogen and oxygen atoms in total. The van der Waals surface area contributed by atoms with E-state index >= 15 is 0 Å². The molecule has 0 radical (unpaired) electrons. The molecule has 6 N–H and O–H groups in total. The molecule has 1 saturated heterocycles. The lowest BCUT2D eigenvalue weighted by Gasteiger charge is -2.16. The van der Waals surface area contributed by atoms with Gasteiger partial charge in [-0.05, 0) is 37.6 Å². The van der Waals surface area contributed by atoms with Gasteiger partial charge in [-0.25, -0.2) is 9.97 Å². The Hall–Kier alpha value is -3.87. The van der Waals surface area contributed by atoms with E-state index in [0.29, 0.717) is 30.5 Å². The van der Waals surface area contributed by atoms with Crippen LogP contribution in [0.4, 0.5) is 13.2 Å². The van der Waals surface area contributed by atoms with Crippen molar-refractivity contribution in [2.45, 2.75) is 31.6 Å². The molecular formula is C22H24F3N7O3. The number of oxazole rings is 1. The van der Waals surface area contributed by atoms with Gasteiger partial charge in [0.1, 0.15) is 17.0 Å². The minimum Gasteiger partial charge on any atom is -0.494 e. The van der Waals surface area contributed by atoms with Crippen LogP contribution >= 0.6 is 0 Å². The number of ether oxygens (including phenoxy) is 1. The van der Waals surface area contributed by atoms with E-state index in [0.717, 1.165) is 6.07 Å². The highest BCUT2D eigenvalue weighted by Crippen LogP contribution is 2.37. The fourth-order valence-corrected chi connectivity index (χ4v) is 3.97. The van der Waals surface area contributed by atoms with E-state index in [4.69, 9.17) is 26.0 Å². The van der Waals surface area contributed by atoms with Gasteiger partial charge in [0.25, 0.3) is 5.91 Å². The second-order valence-electron chi connectivity index (χ2n) is 8.22. The summed E-state index contributed by atoms with van der Waals surface area (Å²) in [4.78, 5) is 22.7. The molecule has 1 fully saturated rings. The Bertz CT molecular complexity index is 1290. The van der Waals surface area contributed by atoms with Gasteiger partial charge in [0.05, 0.1) is 13.2 Å². The fraction of sp³-hybridized carbons (Fsp3) is 0.364. The molecule has 0 saturated carbocycles. The Morgan fingerprint density at radius 2 is 2.06 bits per heavy atom. The van der Waals surface area contributed by atoms with E-state index in [2.05, 4.69) is 15.3 Å². The number of amides is 1. The van der Waals surface area contributed by atoms with Gasteiger partial charge in [0.15, 0.2) is 17.4 Å². The van der Waals surface area contributed by atoms with E-state index in [1.807, 2.05) is 0 Å². The molecule has 1 aliphatic heterocycles. The predicted molar refractivity (Wildman–Crippen MR) is 121 cm³/mol. The number of methoxy groups -OCH3 is 1.